The SMILES string of the molecule is CCN(C(=O)c1cc(C)nc(Nc2ccc(C)cc2)n1)C1CCS(=O)(=O)C1. The van der Waals surface area contributed by atoms with Crippen LogP contribution in [0.15, 0.2) is 30.3 Å². The average Bonchev–Trinajstić information content (AvgIpc) is 2.96. The van der Waals surface area contributed by atoms with Crippen LogP contribution < -0.4 is 5.32 Å². The fourth-order valence-electron chi connectivity index (χ4n) is 3.24. The Balaban J connectivity index is 1.83. The van der Waals surface area contributed by atoms with Crippen molar-refractivity contribution in [3.05, 3.63) is 47.3 Å². The van der Waals surface area contributed by atoms with Crippen LogP contribution in [0.1, 0.15) is 35.1 Å². The van der Waals surface area contributed by atoms with Crippen molar-refractivity contribution >= 4 is 27.4 Å². The Bertz CT molecular complexity index is 942. The highest BCUT2D eigenvalue weighted by molar-refractivity contribution is 7.91. The number of sulfone groups is 1. The van der Waals surface area contributed by atoms with Crippen molar-refractivity contribution in [1.82, 2.24) is 14.9 Å². The molecule has 27 heavy (non-hydrogen) atoms. The van der Waals surface area contributed by atoms with Crippen LogP contribution in [0.4, 0.5) is 11.6 Å². The number of amides is 1. The third kappa shape index (κ3) is 4.63. The first kappa shape index (κ1) is 19.3. The third-order valence-corrected chi connectivity index (χ3v) is 6.38. The van der Waals surface area contributed by atoms with E-state index in [1.54, 1.807) is 17.9 Å². The van der Waals surface area contributed by atoms with E-state index >= 15 is 0 Å². The zero-order valence-electron chi connectivity index (χ0n) is 15.8. The molecule has 1 N–H and O–H groups in total. The van der Waals surface area contributed by atoms with E-state index in [2.05, 4.69) is 15.3 Å². The Hall–Kier alpha value is -2.48. The van der Waals surface area contributed by atoms with Crippen molar-refractivity contribution in [3.8, 4) is 0 Å². The predicted octanol–water partition coefficient (Wildman–Crippen LogP) is 2.49. The second-order valence-corrected chi connectivity index (χ2v) is 9.09. The summed E-state index contributed by atoms with van der Waals surface area (Å²) in [4.78, 5) is 23.3. The molecular formula is C19H24N4O3S. The maximum absolute atomic E-state index is 13.0. The fraction of sp³-hybridized carbons (Fsp3) is 0.421. The van der Waals surface area contributed by atoms with Crippen LogP contribution in [0.25, 0.3) is 0 Å². The fourth-order valence-corrected chi connectivity index (χ4v) is 4.97. The third-order valence-electron chi connectivity index (χ3n) is 4.63. The molecule has 1 aromatic carbocycles. The highest BCUT2D eigenvalue weighted by atomic mass is 32.2. The number of benzene rings is 1. The molecule has 0 spiro atoms. The van der Waals surface area contributed by atoms with Gasteiger partial charge in [0.05, 0.1) is 11.5 Å². The van der Waals surface area contributed by atoms with Crippen molar-refractivity contribution in [3.63, 3.8) is 0 Å². The molecule has 1 aliphatic heterocycles. The lowest BCUT2D eigenvalue weighted by Gasteiger charge is -2.26. The van der Waals surface area contributed by atoms with Crippen LogP contribution in [0.3, 0.4) is 0 Å². The zero-order valence-corrected chi connectivity index (χ0v) is 16.6. The maximum atomic E-state index is 13.0. The molecule has 2 heterocycles. The highest BCUT2D eigenvalue weighted by Gasteiger charge is 2.34. The molecule has 0 bridgehead atoms. The van der Waals surface area contributed by atoms with Gasteiger partial charge in [0.1, 0.15) is 5.69 Å². The number of hydrogen-bond donors (Lipinski definition) is 1. The van der Waals surface area contributed by atoms with E-state index < -0.39 is 9.84 Å². The first-order valence-corrected chi connectivity index (χ1v) is 10.8. The number of hydrogen-bond acceptors (Lipinski definition) is 6. The topological polar surface area (TPSA) is 92.3 Å². The molecule has 1 aromatic heterocycles. The number of nitrogens with one attached hydrogen (secondary N) is 1. The van der Waals surface area contributed by atoms with Gasteiger partial charge in [-0.2, -0.15) is 0 Å². The summed E-state index contributed by atoms with van der Waals surface area (Å²) in [7, 11) is -3.07. The summed E-state index contributed by atoms with van der Waals surface area (Å²) in [5.74, 6) is 0.227. The number of aromatic nitrogens is 2. The number of nitrogens with zero attached hydrogens (tertiary/aromatic N) is 3. The lowest BCUT2D eigenvalue weighted by molar-refractivity contribution is 0.0702. The molecule has 0 radical (unpaired) electrons. The summed E-state index contributed by atoms with van der Waals surface area (Å²) in [6.07, 6.45) is 0.473. The maximum Gasteiger partial charge on any atom is 0.272 e. The Morgan fingerprint density at radius 2 is 1.93 bits per heavy atom. The quantitative estimate of drug-likeness (QED) is 0.846. The Labute approximate surface area is 159 Å². The smallest absolute Gasteiger partial charge is 0.272 e. The molecule has 1 saturated heterocycles. The van der Waals surface area contributed by atoms with Gasteiger partial charge in [-0.25, -0.2) is 18.4 Å². The summed E-state index contributed by atoms with van der Waals surface area (Å²) >= 11 is 0. The van der Waals surface area contributed by atoms with Crippen LogP contribution in [0, 0.1) is 13.8 Å². The second-order valence-electron chi connectivity index (χ2n) is 6.86. The molecule has 1 fully saturated rings. The van der Waals surface area contributed by atoms with Gasteiger partial charge < -0.3 is 10.2 Å². The Kier molecular flexibility index (Phi) is 5.46. The van der Waals surface area contributed by atoms with E-state index in [1.807, 2.05) is 38.1 Å². The summed E-state index contributed by atoms with van der Waals surface area (Å²) in [6, 6.07) is 9.13. The normalized spacial score (nSPS) is 18.3. The molecule has 0 saturated carbocycles. The molecule has 1 amide bonds. The van der Waals surface area contributed by atoms with Crippen LogP contribution >= 0.6 is 0 Å². The first-order valence-electron chi connectivity index (χ1n) is 8.98. The summed E-state index contributed by atoms with van der Waals surface area (Å²) < 4.78 is 23.6. The average molecular weight is 388 g/mol. The molecule has 1 aliphatic rings. The second kappa shape index (κ2) is 7.64. The first-order chi connectivity index (χ1) is 12.8. The van der Waals surface area contributed by atoms with Crippen molar-refractivity contribution in [2.75, 3.05) is 23.4 Å². The number of carbonyl (C=O) groups excluding carboxylic acids is 1. The number of aryl methyl sites for hydroxylation is 2. The zero-order chi connectivity index (χ0) is 19.6. The number of carbonyl (C=O) groups is 1. The minimum absolute atomic E-state index is 0.0190. The van der Waals surface area contributed by atoms with Gasteiger partial charge in [0.15, 0.2) is 9.84 Å². The highest BCUT2D eigenvalue weighted by Crippen LogP contribution is 2.21. The largest absolute Gasteiger partial charge is 0.334 e. The number of anilines is 2. The molecule has 7 nitrogen and oxygen atoms in total. The van der Waals surface area contributed by atoms with E-state index in [4.69, 9.17) is 0 Å². The summed E-state index contributed by atoms with van der Waals surface area (Å²) in [6.45, 7) is 6.09. The molecule has 2 aromatic rings. The molecule has 1 unspecified atom stereocenters. The Morgan fingerprint density at radius 3 is 2.52 bits per heavy atom. The predicted molar refractivity (Wildman–Crippen MR) is 105 cm³/mol. The van der Waals surface area contributed by atoms with E-state index in [0.29, 0.717) is 24.6 Å². The van der Waals surface area contributed by atoms with Gasteiger partial charge in [-0.1, -0.05) is 17.7 Å². The van der Waals surface area contributed by atoms with Gasteiger partial charge in [0.2, 0.25) is 5.95 Å². The lowest BCUT2D eigenvalue weighted by Crippen LogP contribution is -2.41. The summed E-state index contributed by atoms with van der Waals surface area (Å²) in [5.41, 5.74) is 2.91. The van der Waals surface area contributed by atoms with Crippen LogP contribution in [-0.4, -0.2) is 53.3 Å². The lowest BCUT2D eigenvalue weighted by atomic mass is 10.2. The van der Waals surface area contributed by atoms with Crippen molar-refractivity contribution in [1.29, 1.82) is 0 Å². The van der Waals surface area contributed by atoms with Crippen molar-refractivity contribution < 1.29 is 13.2 Å². The molecule has 3 rings (SSSR count). The minimum atomic E-state index is -3.07. The van der Waals surface area contributed by atoms with Crippen molar-refractivity contribution in [2.45, 2.75) is 33.2 Å². The van der Waals surface area contributed by atoms with Gasteiger partial charge >= 0.3 is 0 Å². The monoisotopic (exact) mass is 388 g/mol. The van der Waals surface area contributed by atoms with E-state index in [0.717, 1.165) is 11.3 Å². The van der Waals surface area contributed by atoms with E-state index in [9.17, 15) is 13.2 Å². The minimum Gasteiger partial charge on any atom is -0.334 e. The standard InChI is InChI=1S/C19H24N4O3S/c1-4-23(16-9-10-27(25,26)12-16)18(24)17-11-14(3)20-19(22-17)21-15-7-5-13(2)6-8-15/h5-8,11,16H,4,9-10,12H2,1-3H3,(H,20,21,22). The van der Waals surface area contributed by atoms with E-state index in [-0.39, 0.29) is 29.1 Å². The molecule has 0 aliphatic carbocycles. The van der Waals surface area contributed by atoms with Crippen LogP contribution in [0.5, 0.6) is 0 Å². The van der Waals surface area contributed by atoms with Gasteiger partial charge in [-0.3, -0.25) is 4.79 Å². The van der Waals surface area contributed by atoms with Crippen molar-refractivity contribution in [2.24, 2.45) is 0 Å². The van der Waals surface area contributed by atoms with Gasteiger partial charge in [-0.05, 0) is 45.4 Å². The number of rotatable bonds is 5. The van der Waals surface area contributed by atoms with E-state index in [1.165, 1.54) is 0 Å². The van der Waals surface area contributed by atoms with Gasteiger partial charge in [0, 0.05) is 24.0 Å². The van der Waals surface area contributed by atoms with Crippen LogP contribution in [-0.2, 0) is 9.84 Å². The summed E-state index contributed by atoms with van der Waals surface area (Å²) in [5, 5.41) is 3.12. The van der Waals surface area contributed by atoms with Gasteiger partial charge in [-0.15, -0.1) is 0 Å². The van der Waals surface area contributed by atoms with Gasteiger partial charge in [0.25, 0.3) is 5.91 Å². The molecular weight excluding hydrogens is 364 g/mol. The molecule has 144 valence electrons. The molecule has 1 atom stereocenters. The van der Waals surface area contributed by atoms with Crippen LogP contribution in [0.2, 0.25) is 0 Å². The molecule has 8 heteroatoms. The Morgan fingerprint density at radius 1 is 1.22 bits per heavy atom.